The van der Waals surface area contributed by atoms with Crippen LogP contribution < -0.4 is 0 Å². The monoisotopic (exact) mass is 344 g/mol. The Balaban J connectivity index is 1.50. The molecule has 1 saturated heterocycles. The molecule has 7 heteroatoms. The van der Waals surface area contributed by atoms with Crippen LogP contribution in [0.15, 0.2) is 41.6 Å². The van der Waals surface area contributed by atoms with Crippen molar-refractivity contribution in [2.45, 2.75) is 18.9 Å². The number of carbonyl (C=O) groups is 1. The number of thiophene rings is 1. The summed E-state index contributed by atoms with van der Waals surface area (Å²) in [7, 11) is 0. The number of carbonyl (C=O) groups excluding carboxylic acids is 1. The second kappa shape index (κ2) is 6.25. The number of amides is 1. The molecule has 1 aliphatic rings. The van der Waals surface area contributed by atoms with Gasteiger partial charge in [-0.15, -0.1) is 22.7 Å². The van der Waals surface area contributed by atoms with Gasteiger partial charge < -0.3 is 9.47 Å². The van der Waals surface area contributed by atoms with Crippen molar-refractivity contribution in [1.82, 2.24) is 19.4 Å². The predicted octanol–water partition coefficient (Wildman–Crippen LogP) is 3.55. The zero-order valence-corrected chi connectivity index (χ0v) is 14.1. The first-order chi connectivity index (χ1) is 11.3. The van der Waals surface area contributed by atoms with Crippen molar-refractivity contribution in [3.8, 4) is 9.88 Å². The lowest BCUT2D eigenvalue weighted by Crippen LogP contribution is -2.40. The van der Waals surface area contributed by atoms with Crippen LogP contribution in [0.3, 0.4) is 0 Å². The number of thiazole rings is 1. The highest BCUT2D eigenvalue weighted by molar-refractivity contribution is 7.20. The number of rotatable bonds is 3. The highest BCUT2D eigenvalue weighted by Gasteiger charge is 2.26. The maximum Gasteiger partial charge on any atom is 0.273 e. The van der Waals surface area contributed by atoms with E-state index in [0.717, 1.165) is 35.8 Å². The van der Waals surface area contributed by atoms with E-state index in [4.69, 9.17) is 0 Å². The first kappa shape index (κ1) is 14.6. The summed E-state index contributed by atoms with van der Waals surface area (Å²) >= 11 is 3.18. The summed E-state index contributed by atoms with van der Waals surface area (Å²) in [5.41, 5.74) is 0.560. The molecular formula is C16H16N4OS2. The van der Waals surface area contributed by atoms with E-state index in [1.165, 1.54) is 11.3 Å². The Morgan fingerprint density at radius 2 is 2.30 bits per heavy atom. The van der Waals surface area contributed by atoms with Gasteiger partial charge in [-0.3, -0.25) is 4.79 Å². The fourth-order valence-electron chi connectivity index (χ4n) is 2.92. The van der Waals surface area contributed by atoms with Gasteiger partial charge in [0.25, 0.3) is 5.91 Å². The van der Waals surface area contributed by atoms with Gasteiger partial charge in [0, 0.05) is 30.9 Å². The third-order valence-corrected chi connectivity index (χ3v) is 5.97. The van der Waals surface area contributed by atoms with E-state index in [0.29, 0.717) is 11.7 Å². The van der Waals surface area contributed by atoms with E-state index in [9.17, 15) is 4.79 Å². The molecule has 0 spiro atoms. The minimum Gasteiger partial charge on any atom is -0.335 e. The fourth-order valence-corrected chi connectivity index (χ4v) is 4.52. The van der Waals surface area contributed by atoms with E-state index in [-0.39, 0.29) is 5.91 Å². The number of piperidine rings is 1. The fraction of sp³-hybridized carbons (Fsp3) is 0.312. The zero-order valence-electron chi connectivity index (χ0n) is 12.5. The lowest BCUT2D eigenvalue weighted by Gasteiger charge is -2.32. The third-order valence-electron chi connectivity index (χ3n) is 4.09. The maximum atomic E-state index is 12.7. The van der Waals surface area contributed by atoms with Crippen LogP contribution in [0.2, 0.25) is 0 Å². The molecule has 3 aromatic heterocycles. The van der Waals surface area contributed by atoms with Crippen LogP contribution in [0, 0.1) is 0 Å². The molecular weight excluding hydrogens is 328 g/mol. The van der Waals surface area contributed by atoms with Crippen molar-refractivity contribution in [3.05, 3.63) is 47.3 Å². The minimum atomic E-state index is 0.0360. The molecule has 1 amide bonds. The average molecular weight is 344 g/mol. The van der Waals surface area contributed by atoms with Crippen LogP contribution in [-0.4, -0.2) is 38.4 Å². The van der Waals surface area contributed by atoms with Crippen LogP contribution in [0.1, 0.15) is 29.4 Å². The Hall–Kier alpha value is -1.99. The van der Waals surface area contributed by atoms with E-state index >= 15 is 0 Å². The first-order valence-electron chi connectivity index (χ1n) is 7.57. The van der Waals surface area contributed by atoms with Crippen LogP contribution in [-0.2, 0) is 0 Å². The average Bonchev–Trinajstić information content (AvgIpc) is 3.36. The molecule has 0 unspecified atom stereocenters. The molecule has 0 bridgehead atoms. The smallest absolute Gasteiger partial charge is 0.273 e. The minimum absolute atomic E-state index is 0.0360. The lowest BCUT2D eigenvalue weighted by molar-refractivity contribution is 0.0674. The Kier molecular flexibility index (Phi) is 3.97. The molecule has 23 heavy (non-hydrogen) atoms. The van der Waals surface area contributed by atoms with Crippen LogP contribution in [0.4, 0.5) is 0 Å². The number of imidazole rings is 1. The quantitative estimate of drug-likeness (QED) is 0.730. The standard InChI is InChI=1S/C16H16N4OS2/c21-16(13-10-23-15(18-13)14-4-2-8-22-14)19-6-1-3-12(9-19)20-7-5-17-11-20/h2,4-5,7-8,10-12H,1,3,6,9H2/t12-/m1/s1. The molecule has 0 radical (unpaired) electrons. The Labute approximate surface area is 142 Å². The summed E-state index contributed by atoms with van der Waals surface area (Å²) in [6.45, 7) is 1.52. The van der Waals surface area contributed by atoms with Gasteiger partial charge in [-0.25, -0.2) is 9.97 Å². The van der Waals surface area contributed by atoms with Crippen molar-refractivity contribution in [2.75, 3.05) is 13.1 Å². The second-order valence-corrected chi connectivity index (χ2v) is 7.38. The van der Waals surface area contributed by atoms with Crippen molar-refractivity contribution in [1.29, 1.82) is 0 Å². The number of aromatic nitrogens is 3. The van der Waals surface area contributed by atoms with Crippen LogP contribution in [0.25, 0.3) is 9.88 Å². The molecule has 4 heterocycles. The molecule has 1 fully saturated rings. The predicted molar refractivity (Wildman–Crippen MR) is 91.8 cm³/mol. The molecule has 0 N–H and O–H groups in total. The lowest BCUT2D eigenvalue weighted by atomic mass is 10.1. The molecule has 0 saturated carbocycles. The highest BCUT2D eigenvalue weighted by Crippen LogP contribution is 2.29. The van der Waals surface area contributed by atoms with E-state index in [1.54, 1.807) is 17.5 Å². The molecule has 0 aliphatic carbocycles. The molecule has 118 valence electrons. The number of nitrogens with zero attached hydrogens (tertiary/aromatic N) is 4. The normalized spacial score (nSPS) is 18.3. The zero-order chi connectivity index (χ0) is 15.6. The van der Waals surface area contributed by atoms with Gasteiger partial charge in [-0.05, 0) is 24.3 Å². The molecule has 4 rings (SSSR count). The Bertz CT molecular complexity index is 779. The second-order valence-electron chi connectivity index (χ2n) is 5.57. The summed E-state index contributed by atoms with van der Waals surface area (Å²) in [5.74, 6) is 0.0360. The number of likely N-dealkylation sites (tertiary alicyclic amines) is 1. The molecule has 0 aromatic carbocycles. The topological polar surface area (TPSA) is 51.0 Å². The summed E-state index contributed by atoms with van der Waals surface area (Å²) < 4.78 is 2.09. The van der Waals surface area contributed by atoms with Crippen LogP contribution in [0.5, 0.6) is 0 Å². The summed E-state index contributed by atoms with van der Waals surface area (Å²) in [5, 5.41) is 4.82. The maximum absolute atomic E-state index is 12.7. The summed E-state index contributed by atoms with van der Waals surface area (Å²) in [4.78, 5) is 24.4. The largest absolute Gasteiger partial charge is 0.335 e. The number of hydrogen-bond donors (Lipinski definition) is 0. The van der Waals surface area contributed by atoms with Gasteiger partial charge in [0.05, 0.1) is 17.2 Å². The van der Waals surface area contributed by atoms with Gasteiger partial charge in [-0.2, -0.15) is 0 Å². The van der Waals surface area contributed by atoms with Crippen molar-refractivity contribution in [3.63, 3.8) is 0 Å². The van der Waals surface area contributed by atoms with Crippen LogP contribution >= 0.6 is 22.7 Å². The first-order valence-corrected chi connectivity index (χ1v) is 9.33. The molecule has 5 nitrogen and oxygen atoms in total. The van der Waals surface area contributed by atoms with Gasteiger partial charge in [0.2, 0.25) is 0 Å². The third kappa shape index (κ3) is 2.94. The van der Waals surface area contributed by atoms with Crippen molar-refractivity contribution >= 4 is 28.6 Å². The van der Waals surface area contributed by atoms with Crippen molar-refractivity contribution in [2.24, 2.45) is 0 Å². The molecule has 1 atom stereocenters. The Morgan fingerprint density at radius 1 is 1.35 bits per heavy atom. The summed E-state index contributed by atoms with van der Waals surface area (Å²) in [6, 6.07) is 4.35. The summed E-state index contributed by atoms with van der Waals surface area (Å²) in [6.07, 6.45) is 7.68. The van der Waals surface area contributed by atoms with Gasteiger partial charge in [0.15, 0.2) is 0 Å². The Morgan fingerprint density at radius 3 is 3.09 bits per heavy atom. The van der Waals surface area contributed by atoms with Gasteiger partial charge in [0.1, 0.15) is 10.7 Å². The van der Waals surface area contributed by atoms with Gasteiger partial charge in [-0.1, -0.05) is 6.07 Å². The SMILES string of the molecule is O=C(c1csc(-c2cccs2)n1)N1CCC[C@@H](n2ccnc2)C1. The molecule has 3 aromatic rings. The van der Waals surface area contributed by atoms with Gasteiger partial charge >= 0.3 is 0 Å². The highest BCUT2D eigenvalue weighted by atomic mass is 32.1. The van der Waals surface area contributed by atoms with E-state index < -0.39 is 0 Å². The molecule has 1 aliphatic heterocycles. The van der Waals surface area contributed by atoms with E-state index in [2.05, 4.69) is 14.5 Å². The van der Waals surface area contributed by atoms with E-state index in [1.807, 2.05) is 40.3 Å². The number of hydrogen-bond acceptors (Lipinski definition) is 5. The van der Waals surface area contributed by atoms with Crippen molar-refractivity contribution < 1.29 is 4.79 Å².